The molecule has 0 radical (unpaired) electrons. The second-order valence-corrected chi connectivity index (χ2v) is 8.93. The van der Waals surface area contributed by atoms with E-state index in [1.165, 1.54) is 25.3 Å². The lowest BCUT2D eigenvalue weighted by Gasteiger charge is -2.27. The van der Waals surface area contributed by atoms with Gasteiger partial charge >= 0.3 is 0 Å². The molecule has 1 aliphatic heterocycles. The quantitative estimate of drug-likeness (QED) is 0.283. The van der Waals surface area contributed by atoms with E-state index in [4.69, 9.17) is 21.1 Å². The summed E-state index contributed by atoms with van der Waals surface area (Å²) in [6.45, 7) is 4.19. The minimum absolute atomic E-state index is 0.0207. The van der Waals surface area contributed by atoms with Crippen LogP contribution in [0.5, 0.6) is 17.2 Å². The first kappa shape index (κ1) is 24.4. The lowest BCUT2D eigenvalue weighted by molar-refractivity contribution is 0.0730. The van der Waals surface area contributed by atoms with Gasteiger partial charge in [0.15, 0.2) is 11.5 Å². The highest BCUT2D eigenvalue weighted by atomic mass is 35.5. The van der Waals surface area contributed by atoms with Crippen LogP contribution in [0, 0.1) is 5.82 Å². The Kier molecular flexibility index (Phi) is 6.58. The highest BCUT2D eigenvalue weighted by Crippen LogP contribution is 2.46. The zero-order valence-corrected chi connectivity index (χ0v) is 20.6. The Hall–Kier alpha value is -4.30. The summed E-state index contributed by atoms with van der Waals surface area (Å²) >= 11 is 6.22. The van der Waals surface area contributed by atoms with Crippen molar-refractivity contribution in [3.8, 4) is 28.5 Å². The molecule has 0 saturated carbocycles. The number of hydrogen-bond acceptors (Lipinski definition) is 5. The number of H-pyrrole nitrogens is 1. The maximum absolute atomic E-state index is 13.6. The Bertz CT molecular complexity index is 1490. The van der Waals surface area contributed by atoms with Gasteiger partial charge in [0.05, 0.1) is 13.2 Å². The number of aromatic nitrogens is 2. The number of phenolic OH excluding ortho intramolecular Hbond substituents is 1. The Morgan fingerprint density at radius 1 is 1.16 bits per heavy atom. The second kappa shape index (κ2) is 9.99. The molecule has 3 aromatic carbocycles. The van der Waals surface area contributed by atoms with E-state index in [2.05, 4.69) is 16.8 Å². The topological polar surface area (TPSA) is 87.7 Å². The lowest BCUT2D eigenvalue weighted by Crippen LogP contribution is -2.29. The van der Waals surface area contributed by atoms with Crippen molar-refractivity contribution in [2.75, 3.05) is 13.7 Å². The van der Waals surface area contributed by atoms with Gasteiger partial charge in [-0.3, -0.25) is 9.89 Å². The molecule has 37 heavy (non-hydrogen) atoms. The first-order valence-corrected chi connectivity index (χ1v) is 11.8. The minimum Gasteiger partial charge on any atom is -0.507 e. The van der Waals surface area contributed by atoms with Gasteiger partial charge in [0.2, 0.25) is 0 Å². The lowest BCUT2D eigenvalue weighted by atomic mass is 9.95. The van der Waals surface area contributed by atoms with Crippen molar-refractivity contribution in [1.82, 2.24) is 15.1 Å². The molecule has 0 spiro atoms. The number of benzene rings is 3. The summed E-state index contributed by atoms with van der Waals surface area (Å²) in [4.78, 5) is 15.3. The van der Waals surface area contributed by atoms with E-state index >= 15 is 0 Å². The molecule has 1 amide bonds. The summed E-state index contributed by atoms with van der Waals surface area (Å²) in [5.41, 5.74) is 3.17. The summed E-state index contributed by atoms with van der Waals surface area (Å²) in [6, 6.07) is 15.5. The highest BCUT2D eigenvalue weighted by Gasteiger charge is 2.42. The molecule has 0 bridgehead atoms. The van der Waals surface area contributed by atoms with Gasteiger partial charge in [-0.1, -0.05) is 42.5 Å². The average molecular weight is 520 g/mol. The number of nitrogens with zero attached hydrogens (tertiary/aromatic N) is 2. The molecule has 4 aromatic rings. The molecule has 5 rings (SSSR count). The molecule has 188 valence electrons. The van der Waals surface area contributed by atoms with Crippen molar-refractivity contribution in [1.29, 1.82) is 0 Å². The van der Waals surface area contributed by atoms with Gasteiger partial charge in [0.25, 0.3) is 5.91 Å². The zero-order valence-electron chi connectivity index (χ0n) is 19.9. The van der Waals surface area contributed by atoms with Crippen LogP contribution >= 0.6 is 11.6 Å². The number of fused-ring (bicyclic) bond motifs is 1. The summed E-state index contributed by atoms with van der Waals surface area (Å²) in [7, 11) is 1.54. The molecule has 1 aromatic heterocycles. The molecule has 2 heterocycles. The fraction of sp³-hybridized carbons (Fsp3) is 0.143. The van der Waals surface area contributed by atoms with E-state index in [9.17, 15) is 14.3 Å². The van der Waals surface area contributed by atoms with Gasteiger partial charge in [-0.05, 0) is 53.6 Å². The monoisotopic (exact) mass is 519 g/mol. The SMILES string of the molecule is C=CCOc1ccc(C2c3c(-c4cc(Cl)ccc4O)n[nH]c3C(=O)N2Cc2ccc(F)cc2)cc1OC. The Morgan fingerprint density at radius 3 is 2.68 bits per heavy atom. The molecule has 7 nitrogen and oxygen atoms in total. The van der Waals surface area contributed by atoms with Crippen LogP contribution in [0.15, 0.2) is 73.3 Å². The summed E-state index contributed by atoms with van der Waals surface area (Å²) in [5, 5.41) is 18.2. The minimum atomic E-state index is -0.595. The number of rotatable bonds is 8. The van der Waals surface area contributed by atoms with Crippen molar-refractivity contribution in [2.45, 2.75) is 12.6 Å². The van der Waals surface area contributed by atoms with Gasteiger partial charge in [0, 0.05) is 22.7 Å². The van der Waals surface area contributed by atoms with Gasteiger partial charge in [-0.25, -0.2) is 4.39 Å². The number of ether oxygens (including phenoxy) is 2. The average Bonchev–Trinajstić information content (AvgIpc) is 3.44. The van der Waals surface area contributed by atoms with Gasteiger partial charge in [-0.2, -0.15) is 5.10 Å². The number of phenols is 1. The number of nitrogens with one attached hydrogen (secondary N) is 1. The fourth-order valence-electron chi connectivity index (χ4n) is 4.52. The molecule has 0 fully saturated rings. The maximum Gasteiger partial charge on any atom is 0.273 e. The van der Waals surface area contributed by atoms with Crippen molar-refractivity contribution < 1.29 is 23.8 Å². The van der Waals surface area contributed by atoms with E-state index in [1.807, 2.05) is 6.07 Å². The third-order valence-corrected chi connectivity index (χ3v) is 6.44. The first-order valence-electron chi connectivity index (χ1n) is 11.5. The van der Waals surface area contributed by atoms with Crippen LogP contribution in [-0.2, 0) is 6.54 Å². The predicted octanol–water partition coefficient (Wildman–Crippen LogP) is 5.89. The van der Waals surface area contributed by atoms with Crippen molar-refractivity contribution in [3.63, 3.8) is 0 Å². The number of hydrogen-bond donors (Lipinski definition) is 2. The van der Waals surface area contributed by atoms with Crippen LogP contribution in [0.3, 0.4) is 0 Å². The van der Waals surface area contributed by atoms with Crippen molar-refractivity contribution >= 4 is 17.5 Å². The first-order chi connectivity index (χ1) is 17.9. The smallest absolute Gasteiger partial charge is 0.273 e. The summed E-state index contributed by atoms with van der Waals surface area (Å²) in [6.07, 6.45) is 1.63. The Balaban J connectivity index is 1.66. The molecule has 0 aliphatic carbocycles. The summed E-state index contributed by atoms with van der Waals surface area (Å²) in [5.74, 6) is 0.350. The molecule has 1 unspecified atom stereocenters. The van der Waals surface area contributed by atoms with Gasteiger partial charge in [0.1, 0.15) is 29.6 Å². The molecule has 1 atom stereocenters. The molecular formula is C28H23ClFN3O4. The fourth-order valence-corrected chi connectivity index (χ4v) is 4.69. The largest absolute Gasteiger partial charge is 0.507 e. The van der Waals surface area contributed by atoms with Crippen LogP contribution in [-0.4, -0.2) is 39.8 Å². The number of amides is 1. The van der Waals surface area contributed by atoms with E-state index < -0.39 is 6.04 Å². The standard InChI is InChI=1S/C28H23ClFN3O4/c1-3-12-37-22-11-6-17(13-23(22)36-2)27-24-25(20-14-18(29)7-10-21(20)34)31-32-26(24)28(35)33(27)15-16-4-8-19(30)9-5-16/h3-11,13-14,27,34H,1,12,15H2,2H3,(H,31,32). The number of aromatic hydroxyl groups is 1. The second-order valence-electron chi connectivity index (χ2n) is 8.49. The van der Waals surface area contributed by atoms with E-state index in [1.54, 1.807) is 47.4 Å². The van der Waals surface area contributed by atoms with Crippen LogP contribution in [0.4, 0.5) is 4.39 Å². The number of aromatic amines is 1. The highest BCUT2D eigenvalue weighted by molar-refractivity contribution is 6.31. The van der Waals surface area contributed by atoms with Crippen LogP contribution in [0.2, 0.25) is 5.02 Å². The zero-order chi connectivity index (χ0) is 26.1. The summed E-state index contributed by atoms with van der Waals surface area (Å²) < 4.78 is 24.8. The molecule has 9 heteroatoms. The van der Waals surface area contributed by atoms with Crippen LogP contribution in [0.25, 0.3) is 11.3 Å². The van der Waals surface area contributed by atoms with Gasteiger partial charge in [-0.15, -0.1) is 0 Å². The molecule has 1 aliphatic rings. The van der Waals surface area contributed by atoms with Crippen LogP contribution < -0.4 is 9.47 Å². The number of methoxy groups -OCH3 is 1. The third kappa shape index (κ3) is 4.51. The normalized spacial score (nSPS) is 14.5. The Morgan fingerprint density at radius 2 is 1.95 bits per heavy atom. The predicted molar refractivity (Wildman–Crippen MR) is 138 cm³/mol. The number of carbonyl (C=O) groups is 1. The number of halogens is 2. The van der Waals surface area contributed by atoms with Crippen molar-refractivity contribution in [3.05, 3.63) is 107 Å². The van der Waals surface area contributed by atoms with Gasteiger partial charge < -0.3 is 19.5 Å². The van der Waals surface area contributed by atoms with E-state index in [-0.39, 0.29) is 24.0 Å². The van der Waals surface area contributed by atoms with Crippen molar-refractivity contribution in [2.24, 2.45) is 0 Å². The molecule has 0 saturated heterocycles. The maximum atomic E-state index is 13.6. The van der Waals surface area contributed by atoms with E-state index in [0.29, 0.717) is 45.6 Å². The third-order valence-electron chi connectivity index (χ3n) is 6.20. The van der Waals surface area contributed by atoms with Crippen LogP contribution in [0.1, 0.15) is 33.2 Å². The Labute approximate surface area is 217 Å². The molecular weight excluding hydrogens is 497 g/mol. The number of carbonyl (C=O) groups excluding carboxylic acids is 1. The molecule has 2 N–H and O–H groups in total. The van der Waals surface area contributed by atoms with E-state index in [0.717, 1.165) is 11.1 Å².